The number of halogens is 3. The highest BCUT2D eigenvalue weighted by atomic mass is 127. The zero-order chi connectivity index (χ0) is 28.4. The van der Waals surface area contributed by atoms with Crippen LogP contribution in [-0.4, -0.2) is 17.1 Å². The molecule has 0 spiro atoms. The molecular weight excluding hydrogens is 774 g/mol. The maximum atomic E-state index is 13.7. The van der Waals surface area contributed by atoms with Crippen LogP contribution < -0.4 is 19.6 Å². The summed E-state index contributed by atoms with van der Waals surface area (Å²) in [6.07, 6.45) is 1.85. The van der Waals surface area contributed by atoms with Crippen LogP contribution in [0.3, 0.4) is 0 Å². The third-order valence-electron chi connectivity index (χ3n) is 6.27. The van der Waals surface area contributed by atoms with E-state index in [1.165, 1.54) is 11.3 Å². The molecule has 0 unspecified atom stereocenters. The van der Waals surface area contributed by atoms with Crippen molar-refractivity contribution in [2.75, 3.05) is 6.61 Å². The molecule has 1 aliphatic rings. The van der Waals surface area contributed by atoms with E-state index < -0.39 is 12.0 Å². The van der Waals surface area contributed by atoms with Crippen LogP contribution in [0.2, 0.25) is 5.02 Å². The van der Waals surface area contributed by atoms with Crippen LogP contribution in [0.5, 0.6) is 5.75 Å². The third-order valence-corrected chi connectivity index (χ3v) is 9.02. The molecule has 5 rings (SSSR count). The van der Waals surface area contributed by atoms with Crippen molar-refractivity contribution in [2.24, 2.45) is 4.99 Å². The average Bonchev–Trinajstić information content (AvgIpc) is 3.23. The van der Waals surface area contributed by atoms with Gasteiger partial charge < -0.3 is 9.47 Å². The van der Waals surface area contributed by atoms with Gasteiger partial charge in [0.15, 0.2) is 4.80 Å². The van der Waals surface area contributed by atoms with E-state index in [-0.39, 0.29) is 12.2 Å². The van der Waals surface area contributed by atoms with E-state index >= 15 is 0 Å². The number of aromatic nitrogens is 1. The molecule has 0 saturated heterocycles. The largest absolute Gasteiger partial charge is 0.488 e. The summed E-state index contributed by atoms with van der Waals surface area (Å²) in [4.78, 5) is 31.9. The number of ether oxygens (including phenoxy) is 2. The first kappa shape index (κ1) is 29.0. The fraction of sp³-hybridized carbons (Fsp3) is 0.167. The predicted molar refractivity (Wildman–Crippen MR) is 175 cm³/mol. The molecule has 2 heterocycles. The second-order valence-corrected chi connectivity index (χ2v) is 12.8. The van der Waals surface area contributed by atoms with Crippen molar-refractivity contribution in [1.29, 1.82) is 0 Å². The number of carbonyl (C=O) groups is 1. The first-order chi connectivity index (χ1) is 19.2. The van der Waals surface area contributed by atoms with Crippen LogP contribution in [0.25, 0.3) is 6.08 Å². The van der Waals surface area contributed by atoms with Crippen molar-refractivity contribution in [3.63, 3.8) is 0 Å². The number of benzene rings is 3. The summed E-state index contributed by atoms with van der Waals surface area (Å²) < 4.78 is 15.7. The lowest BCUT2D eigenvalue weighted by Crippen LogP contribution is -2.39. The summed E-state index contributed by atoms with van der Waals surface area (Å²) in [7, 11) is 0. The minimum Gasteiger partial charge on any atom is -0.488 e. The maximum Gasteiger partial charge on any atom is 0.338 e. The Hall–Kier alpha value is -2.48. The van der Waals surface area contributed by atoms with Crippen LogP contribution in [0.1, 0.15) is 36.6 Å². The zero-order valence-electron chi connectivity index (χ0n) is 21.5. The molecule has 10 heteroatoms. The SMILES string of the molecule is CCOC(=O)C1=C(C)N=c2s/c(=C\c3ccc(COc4ccc(I)cc4I)cc3)c(=O)n2[C@H]1c1ccc(Cl)cc1. The normalized spacial score (nSPS) is 15.0. The van der Waals surface area contributed by atoms with E-state index in [2.05, 4.69) is 56.2 Å². The lowest BCUT2D eigenvalue weighted by Gasteiger charge is -2.24. The fourth-order valence-corrected chi connectivity index (χ4v) is 7.30. The molecule has 0 saturated carbocycles. The molecule has 204 valence electrons. The van der Waals surface area contributed by atoms with Gasteiger partial charge in [-0.05, 0) is 112 Å². The van der Waals surface area contributed by atoms with Gasteiger partial charge in [0.25, 0.3) is 5.56 Å². The molecule has 1 aromatic heterocycles. The molecule has 0 aliphatic carbocycles. The van der Waals surface area contributed by atoms with E-state index in [0.29, 0.717) is 32.2 Å². The number of hydrogen-bond donors (Lipinski definition) is 0. The Labute approximate surface area is 267 Å². The first-order valence-corrected chi connectivity index (χ1v) is 15.7. The molecule has 0 amide bonds. The molecule has 4 aromatic rings. The number of thiazole rings is 1. The monoisotopic (exact) mass is 796 g/mol. The topological polar surface area (TPSA) is 69.9 Å². The highest BCUT2D eigenvalue weighted by Crippen LogP contribution is 2.31. The summed E-state index contributed by atoms with van der Waals surface area (Å²) in [5, 5.41) is 0.566. The van der Waals surface area contributed by atoms with Gasteiger partial charge in [-0.15, -0.1) is 0 Å². The lowest BCUT2D eigenvalue weighted by molar-refractivity contribution is -0.139. The highest BCUT2D eigenvalue weighted by Gasteiger charge is 2.33. The number of carbonyl (C=O) groups excluding carboxylic acids is 1. The molecular formula is C30H23ClI2N2O4S. The van der Waals surface area contributed by atoms with Crippen molar-refractivity contribution in [3.8, 4) is 5.75 Å². The molecule has 40 heavy (non-hydrogen) atoms. The molecule has 1 atom stereocenters. The summed E-state index contributed by atoms with van der Waals surface area (Å²) in [5.74, 6) is 0.356. The Bertz CT molecular complexity index is 1800. The standard InChI is InChI=1S/C30H23ClI2N2O4S/c1-3-38-29(37)26-17(2)34-30-35(27(26)20-8-10-21(31)11-9-20)28(36)25(40-30)14-18-4-6-19(7-5-18)16-39-24-13-12-22(32)15-23(24)33/h4-15,27H,3,16H2,1-2H3/b25-14-/t27-/m0/s1. The number of nitrogens with zero attached hydrogens (tertiary/aromatic N) is 2. The van der Waals surface area contributed by atoms with Crippen molar-refractivity contribution in [3.05, 3.63) is 127 Å². The van der Waals surface area contributed by atoms with E-state index in [4.69, 9.17) is 21.1 Å². The van der Waals surface area contributed by atoms with Crippen LogP contribution in [0, 0.1) is 7.14 Å². The van der Waals surface area contributed by atoms with E-state index in [9.17, 15) is 9.59 Å². The van der Waals surface area contributed by atoms with Crippen LogP contribution in [0.15, 0.2) is 87.8 Å². The van der Waals surface area contributed by atoms with E-state index in [1.807, 2.05) is 54.6 Å². The number of fused-ring (bicyclic) bond motifs is 1. The molecule has 1 aliphatic heterocycles. The van der Waals surface area contributed by atoms with Crippen molar-refractivity contribution in [1.82, 2.24) is 4.57 Å². The second kappa shape index (κ2) is 12.6. The van der Waals surface area contributed by atoms with Gasteiger partial charge in [0.2, 0.25) is 0 Å². The smallest absolute Gasteiger partial charge is 0.338 e. The Morgan fingerprint density at radius 1 is 1.10 bits per heavy atom. The van der Waals surface area contributed by atoms with Gasteiger partial charge in [-0.25, -0.2) is 9.79 Å². The fourth-order valence-electron chi connectivity index (χ4n) is 4.37. The Balaban J connectivity index is 1.48. The summed E-state index contributed by atoms with van der Waals surface area (Å²) in [5.41, 5.74) is 3.29. The van der Waals surface area contributed by atoms with Gasteiger partial charge in [0.1, 0.15) is 12.4 Å². The van der Waals surface area contributed by atoms with Crippen molar-refractivity contribution >= 4 is 80.2 Å². The first-order valence-electron chi connectivity index (χ1n) is 12.4. The predicted octanol–water partition coefficient (Wildman–Crippen LogP) is 6.24. The maximum absolute atomic E-state index is 13.7. The molecule has 6 nitrogen and oxygen atoms in total. The molecule has 0 bridgehead atoms. The van der Waals surface area contributed by atoms with Crippen LogP contribution in [0.4, 0.5) is 0 Å². The Kier molecular flexibility index (Phi) is 9.13. The van der Waals surface area contributed by atoms with Gasteiger partial charge in [-0.1, -0.05) is 59.3 Å². The molecule has 0 fully saturated rings. The second-order valence-electron chi connectivity index (χ2n) is 8.96. The highest BCUT2D eigenvalue weighted by molar-refractivity contribution is 14.1. The molecule has 0 N–H and O–H groups in total. The quantitative estimate of drug-likeness (QED) is 0.164. The summed E-state index contributed by atoms with van der Waals surface area (Å²) >= 11 is 12.0. The minimum atomic E-state index is -0.668. The third kappa shape index (κ3) is 6.22. The van der Waals surface area contributed by atoms with Crippen LogP contribution >= 0.6 is 68.1 Å². The van der Waals surface area contributed by atoms with Crippen molar-refractivity contribution < 1.29 is 14.3 Å². The van der Waals surface area contributed by atoms with Crippen molar-refractivity contribution in [2.45, 2.75) is 26.5 Å². The van der Waals surface area contributed by atoms with Gasteiger partial charge in [0.05, 0.1) is 32.0 Å². The van der Waals surface area contributed by atoms with E-state index in [0.717, 1.165) is 29.6 Å². The molecule has 0 radical (unpaired) electrons. The number of hydrogen-bond acceptors (Lipinski definition) is 6. The van der Waals surface area contributed by atoms with Gasteiger partial charge in [-0.2, -0.15) is 0 Å². The van der Waals surface area contributed by atoms with Gasteiger partial charge in [-0.3, -0.25) is 9.36 Å². The zero-order valence-corrected chi connectivity index (χ0v) is 27.4. The summed E-state index contributed by atoms with van der Waals surface area (Å²) in [6.45, 7) is 4.18. The number of rotatable bonds is 7. The van der Waals surface area contributed by atoms with Gasteiger partial charge in [0, 0.05) is 8.59 Å². The van der Waals surface area contributed by atoms with Gasteiger partial charge >= 0.3 is 5.97 Å². The Morgan fingerprint density at radius 3 is 2.50 bits per heavy atom. The average molecular weight is 797 g/mol. The number of esters is 1. The lowest BCUT2D eigenvalue weighted by atomic mass is 9.96. The summed E-state index contributed by atoms with van der Waals surface area (Å²) in [6, 6.07) is 20.4. The number of allylic oxidation sites excluding steroid dienone is 1. The Morgan fingerprint density at radius 2 is 1.82 bits per heavy atom. The van der Waals surface area contributed by atoms with E-state index in [1.54, 1.807) is 30.5 Å². The van der Waals surface area contributed by atoms with Crippen LogP contribution in [-0.2, 0) is 16.1 Å². The minimum absolute atomic E-state index is 0.221. The molecule has 3 aromatic carbocycles.